The van der Waals surface area contributed by atoms with Crippen molar-refractivity contribution in [1.29, 1.82) is 0 Å². The quantitative estimate of drug-likeness (QED) is 0.565. The van der Waals surface area contributed by atoms with E-state index < -0.39 is 0 Å². The molecule has 0 aromatic heterocycles. The molecule has 144 valence electrons. The molecule has 2 aliphatic rings. The Morgan fingerprint density at radius 2 is 1.72 bits per heavy atom. The van der Waals surface area contributed by atoms with Crippen molar-refractivity contribution in [2.24, 2.45) is 4.99 Å². The van der Waals surface area contributed by atoms with E-state index in [2.05, 4.69) is 42.1 Å². The van der Waals surface area contributed by atoms with E-state index in [1.54, 1.807) is 0 Å². The summed E-state index contributed by atoms with van der Waals surface area (Å²) in [5.74, 6) is 1.32. The Labute approximate surface area is 157 Å². The standard InChI is InChI=1S/C18H35N5OS/c1-5-19-18(20-14-15(2)25-4)23-12-10-21(11-13-23)16(3)17(24)22-8-6-7-9-22/h15-16H,5-14H2,1-4H3,(H,19,20). The predicted octanol–water partition coefficient (Wildman–Crippen LogP) is 1.33. The van der Waals surface area contributed by atoms with Crippen molar-refractivity contribution in [3.8, 4) is 0 Å². The van der Waals surface area contributed by atoms with E-state index in [0.29, 0.717) is 11.2 Å². The number of nitrogens with zero attached hydrogens (tertiary/aromatic N) is 4. The van der Waals surface area contributed by atoms with Crippen LogP contribution >= 0.6 is 11.8 Å². The van der Waals surface area contributed by atoms with Gasteiger partial charge in [-0.1, -0.05) is 6.92 Å². The van der Waals surface area contributed by atoms with Gasteiger partial charge in [0.1, 0.15) is 0 Å². The molecule has 2 rings (SSSR count). The van der Waals surface area contributed by atoms with E-state index in [0.717, 1.165) is 71.2 Å². The van der Waals surface area contributed by atoms with E-state index >= 15 is 0 Å². The Hall–Kier alpha value is -0.950. The summed E-state index contributed by atoms with van der Waals surface area (Å²) >= 11 is 1.85. The fraction of sp³-hybridized carbons (Fsp3) is 0.889. The largest absolute Gasteiger partial charge is 0.357 e. The highest BCUT2D eigenvalue weighted by Gasteiger charge is 2.30. The molecule has 0 aliphatic carbocycles. The van der Waals surface area contributed by atoms with Gasteiger partial charge >= 0.3 is 0 Å². The molecular weight excluding hydrogens is 334 g/mol. The highest BCUT2D eigenvalue weighted by atomic mass is 32.2. The van der Waals surface area contributed by atoms with Crippen molar-refractivity contribution in [1.82, 2.24) is 20.0 Å². The lowest BCUT2D eigenvalue weighted by Crippen LogP contribution is -2.57. The smallest absolute Gasteiger partial charge is 0.239 e. The lowest BCUT2D eigenvalue weighted by Gasteiger charge is -2.39. The first-order chi connectivity index (χ1) is 12.1. The fourth-order valence-corrected chi connectivity index (χ4v) is 3.62. The average Bonchev–Trinajstić information content (AvgIpc) is 3.18. The third-order valence-electron chi connectivity index (χ3n) is 5.17. The molecule has 7 heteroatoms. The molecule has 25 heavy (non-hydrogen) atoms. The van der Waals surface area contributed by atoms with Crippen LogP contribution in [0.2, 0.25) is 0 Å². The van der Waals surface area contributed by atoms with Gasteiger partial charge in [0.05, 0.1) is 12.6 Å². The van der Waals surface area contributed by atoms with Gasteiger partial charge in [-0.05, 0) is 32.9 Å². The van der Waals surface area contributed by atoms with E-state index in [4.69, 9.17) is 4.99 Å². The molecule has 2 aliphatic heterocycles. The van der Waals surface area contributed by atoms with Crippen molar-refractivity contribution >= 4 is 23.6 Å². The number of hydrogen-bond acceptors (Lipinski definition) is 4. The minimum absolute atomic E-state index is 0.00344. The Bertz CT molecular complexity index is 445. The molecule has 2 fully saturated rings. The van der Waals surface area contributed by atoms with Gasteiger partial charge in [0, 0.05) is 51.1 Å². The van der Waals surface area contributed by atoms with Gasteiger partial charge in [0.2, 0.25) is 5.91 Å². The lowest BCUT2D eigenvalue weighted by molar-refractivity contribution is -0.135. The van der Waals surface area contributed by atoms with Crippen LogP contribution in [0.5, 0.6) is 0 Å². The van der Waals surface area contributed by atoms with Crippen LogP contribution in [0.1, 0.15) is 33.6 Å². The molecule has 1 N–H and O–H groups in total. The zero-order valence-electron chi connectivity index (χ0n) is 16.3. The minimum atomic E-state index is -0.00344. The number of nitrogens with one attached hydrogen (secondary N) is 1. The van der Waals surface area contributed by atoms with Crippen LogP contribution in [0, 0.1) is 0 Å². The third-order valence-corrected chi connectivity index (χ3v) is 6.13. The van der Waals surface area contributed by atoms with Crippen LogP contribution in [-0.2, 0) is 4.79 Å². The minimum Gasteiger partial charge on any atom is -0.357 e. The van der Waals surface area contributed by atoms with Gasteiger partial charge in [-0.15, -0.1) is 0 Å². The number of thioether (sulfide) groups is 1. The molecule has 0 aromatic carbocycles. The number of aliphatic imine (C=N–C) groups is 1. The first-order valence-electron chi connectivity index (χ1n) is 9.65. The summed E-state index contributed by atoms with van der Waals surface area (Å²) < 4.78 is 0. The Balaban J connectivity index is 1.86. The average molecular weight is 370 g/mol. The summed E-state index contributed by atoms with van der Waals surface area (Å²) in [6, 6.07) is -0.00344. The topological polar surface area (TPSA) is 51.2 Å². The van der Waals surface area contributed by atoms with Gasteiger partial charge in [-0.25, -0.2) is 0 Å². The third kappa shape index (κ3) is 5.78. The van der Waals surface area contributed by atoms with E-state index in [9.17, 15) is 4.79 Å². The first kappa shape index (κ1) is 20.4. The van der Waals surface area contributed by atoms with Crippen molar-refractivity contribution in [2.75, 3.05) is 58.6 Å². The highest BCUT2D eigenvalue weighted by Crippen LogP contribution is 2.14. The Kier molecular flexibility index (Phi) is 8.36. The number of hydrogen-bond donors (Lipinski definition) is 1. The summed E-state index contributed by atoms with van der Waals surface area (Å²) in [6.45, 7) is 13.7. The molecule has 2 atom stereocenters. The van der Waals surface area contributed by atoms with E-state index in [1.807, 2.05) is 16.7 Å². The van der Waals surface area contributed by atoms with Gasteiger partial charge in [0.25, 0.3) is 0 Å². The lowest BCUT2D eigenvalue weighted by atomic mass is 10.2. The van der Waals surface area contributed by atoms with E-state index in [1.165, 1.54) is 0 Å². The number of rotatable bonds is 6. The molecule has 0 aromatic rings. The van der Waals surface area contributed by atoms with E-state index in [-0.39, 0.29) is 6.04 Å². The van der Waals surface area contributed by atoms with Crippen LogP contribution in [0.3, 0.4) is 0 Å². The van der Waals surface area contributed by atoms with Crippen LogP contribution < -0.4 is 5.32 Å². The maximum absolute atomic E-state index is 12.6. The summed E-state index contributed by atoms with van der Waals surface area (Å²) in [5, 5.41) is 3.95. The van der Waals surface area contributed by atoms with Crippen LogP contribution in [0.4, 0.5) is 0 Å². The number of carbonyl (C=O) groups is 1. The number of guanidine groups is 1. The molecule has 2 saturated heterocycles. The summed E-state index contributed by atoms with van der Waals surface area (Å²) in [6.07, 6.45) is 4.44. The van der Waals surface area contributed by atoms with Gasteiger partial charge in [0.15, 0.2) is 5.96 Å². The number of carbonyl (C=O) groups excluding carboxylic acids is 1. The van der Waals surface area contributed by atoms with Gasteiger partial charge in [-0.2, -0.15) is 11.8 Å². The Morgan fingerprint density at radius 1 is 1.08 bits per heavy atom. The molecule has 6 nitrogen and oxygen atoms in total. The SMILES string of the molecule is CCNC(=NCC(C)SC)N1CCN(C(C)C(=O)N2CCCC2)CC1. The fourth-order valence-electron chi connectivity index (χ4n) is 3.39. The highest BCUT2D eigenvalue weighted by molar-refractivity contribution is 7.99. The van der Waals surface area contributed by atoms with Crippen molar-refractivity contribution < 1.29 is 4.79 Å². The molecular formula is C18H35N5OS. The zero-order valence-corrected chi connectivity index (χ0v) is 17.1. The van der Waals surface area contributed by atoms with Crippen molar-refractivity contribution in [3.63, 3.8) is 0 Å². The second kappa shape index (κ2) is 10.3. The van der Waals surface area contributed by atoms with Gasteiger partial charge < -0.3 is 15.1 Å². The second-order valence-corrected chi connectivity index (χ2v) is 8.25. The molecule has 2 unspecified atom stereocenters. The molecule has 2 heterocycles. The summed E-state index contributed by atoms with van der Waals surface area (Å²) in [5.41, 5.74) is 0. The zero-order chi connectivity index (χ0) is 18.2. The Morgan fingerprint density at radius 3 is 2.28 bits per heavy atom. The molecule has 0 radical (unpaired) electrons. The normalized spacial score (nSPS) is 22.2. The van der Waals surface area contributed by atoms with Crippen LogP contribution in [0.25, 0.3) is 0 Å². The molecule has 0 spiro atoms. The maximum atomic E-state index is 12.6. The molecule has 0 saturated carbocycles. The second-order valence-electron chi connectivity index (χ2n) is 6.97. The summed E-state index contributed by atoms with van der Waals surface area (Å²) in [4.78, 5) is 24.1. The first-order valence-corrected chi connectivity index (χ1v) is 10.9. The monoisotopic (exact) mass is 369 g/mol. The number of amides is 1. The summed E-state index contributed by atoms with van der Waals surface area (Å²) in [7, 11) is 0. The number of likely N-dealkylation sites (tertiary alicyclic amines) is 1. The van der Waals surface area contributed by atoms with Crippen molar-refractivity contribution in [2.45, 2.75) is 44.9 Å². The van der Waals surface area contributed by atoms with Crippen LogP contribution in [-0.4, -0.2) is 96.5 Å². The van der Waals surface area contributed by atoms with Gasteiger partial charge in [-0.3, -0.25) is 14.7 Å². The van der Waals surface area contributed by atoms with Crippen molar-refractivity contribution in [3.05, 3.63) is 0 Å². The van der Waals surface area contributed by atoms with Crippen LogP contribution in [0.15, 0.2) is 4.99 Å². The molecule has 1 amide bonds. The number of piperazine rings is 1. The molecule has 0 bridgehead atoms. The maximum Gasteiger partial charge on any atom is 0.239 e. The predicted molar refractivity (Wildman–Crippen MR) is 107 cm³/mol.